The van der Waals surface area contributed by atoms with Crippen molar-refractivity contribution in [2.75, 3.05) is 13.1 Å². The molecule has 0 saturated carbocycles. The van der Waals surface area contributed by atoms with E-state index in [1.165, 1.54) is 12.4 Å². The molecule has 1 aliphatic heterocycles. The molecule has 1 fully saturated rings. The maximum Gasteiger partial charge on any atom is 0.410 e. The van der Waals surface area contributed by atoms with Crippen molar-refractivity contribution in [2.24, 2.45) is 5.92 Å². The molecule has 2 rings (SSSR count). The van der Waals surface area contributed by atoms with Crippen LogP contribution in [0, 0.1) is 16.0 Å². The molecule has 26 heavy (non-hydrogen) atoms. The van der Waals surface area contributed by atoms with Gasteiger partial charge >= 0.3 is 11.8 Å². The SMILES string of the molecule is CC.CC.CC(C)(C)OC(=O)N1CCC(Cn2cc([N+](=O)[O-])cn2)CC1. The predicted molar refractivity (Wildman–Crippen MR) is 102 cm³/mol. The summed E-state index contributed by atoms with van der Waals surface area (Å²) >= 11 is 0. The summed E-state index contributed by atoms with van der Waals surface area (Å²) in [5.41, 5.74) is -0.478. The van der Waals surface area contributed by atoms with Crippen molar-refractivity contribution in [3.63, 3.8) is 0 Å². The molecule has 1 amide bonds. The quantitative estimate of drug-likeness (QED) is 0.577. The fraction of sp³-hybridized carbons (Fsp3) is 0.778. The molecule has 1 aromatic heterocycles. The van der Waals surface area contributed by atoms with Crippen LogP contribution in [-0.4, -0.2) is 44.4 Å². The normalized spacial score (nSPS) is 14.5. The number of nitro groups is 1. The van der Waals surface area contributed by atoms with Gasteiger partial charge in [-0.25, -0.2) is 4.79 Å². The highest BCUT2D eigenvalue weighted by molar-refractivity contribution is 5.68. The smallest absolute Gasteiger partial charge is 0.410 e. The fourth-order valence-corrected chi connectivity index (χ4v) is 2.44. The Bertz CT molecular complexity index is 544. The van der Waals surface area contributed by atoms with Gasteiger partial charge in [0, 0.05) is 19.6 Å². The Balaban J connectivity index is 0.00000146. The molecule has 2 heterocycles. The molecular weight excluding hydrogens is 336 g/mol. The topological polar surface area (TPSA) is 90.5 Å². The van der Waals surface area contributed by atoms with Crippen molar-refractivity contribution >= 4 is 11.8 Å². The lowest BCUT2D eigenvalue weighted by molar-refractivity contribution is -0.385. The van der Waals surface area contributed by atoms with E-state index in [-0.39, 0.29) is 11.8 Å². The molecule has 0 radical (unpaired) electrons. The highest BCUT2D eigenvalue weighted by Crippen LogP contribution is 2.21. The molecule has 0 N–H and O–H groups in total. The number of carbonyl (C=O) groups is 1. The highest BCUT2D eigenvalue weighted by Gasteiger charge is 2.27. The zero-order valence-corrected chi connectivity index (χ0v) is 17.2. The third-order valence-corrected chi connectivity index (χ3v) is 3.54. The predicted octanol–water partition coefficient (Wildman–Crippen LogP) is 4.49. The van der Waals surface area contributed by atoms with Crippen LogP contribution < -0.4 is 0 Å². The van der Waals surface area contributed by atoms with Crippen molar-refractivity contribution in [3.05, 3.63) is 22.5 Å². The average molecular weight is 370 g/mol. The van der Waals surface area contributed by atoms with Gasteiger partial charge in [-0.05, 0) is 39.5 Å². The van der Waals surface area contributed by atoms with Crippen molar-refractivity contribution in [1.29, 1.82) is 0 Å². The van der Waals surface area contributed by atoms with Gasteiger partial charge in [-0.15, -0.1) is 0 Å². The van der Waals surface area contributed by atoms with Crippen LogP contribution in [-0.2, 0) is 11.3 Å². The summed E-state index contributed by atoms with van der Waals surface area (Å²) in [7, 11) is 0. The Morgan fingerprint density at radius 3 is 2.23 bits per heavy atom. The summed E-state index contributed by atoms with van der Waals surface area (Å²) in [5, 5.41) is 14.6. The largest absolute Gasteiger partial charge is 0.444 e. The van der Waals surface area contributed by atoms with Crippen LogP contribution in [0.1, 0.15) is 61.3 Å². The van der Waals surface area contributed by atoms with E-state index in [1.54, 1.807) is 9.58 Å². The van der Waals surface area contributed by atoms with Gasteiger partial charge in [0.15, 0.2) is 0 Å². The number of hydrogen-bond acceptors (Lipinski definition) is 5. The Morgan fingerprint density at radius 1 is 1.27 bits per heavy atom. The molecule has 0 bridgehead atoms. The van der Waals surface area contributed by atoms with E-state index >= 15 is 0 Å². The van der Waals surface area contributed by atoms with Crippen LogP contribution in [0.5, 0.6) is 0 Å². The molecule has 8 nitrogen and oxygen atoms in total. The first-order chi connectivity index (χ1) is 12.2. The molecule has 0 atom stereocenters. The number of hydrogen-bond donors (Lipinski definition) is 0. The van der Waals surface area contributed by atoms with E-state index in [2.05, 4.69) is 5.10 Å². The first-order valence-corrected chi connectivity index (χ1v) is 9.39. The second kappa shape index (κ2) is 11.5. The molecule has 0 unspecified atom stereocenters. The Hall–Kier alpha value is -2.12. The van der Waals surface area contributed by atoms with Gasteiger partial charge in [-0.3, -0.25) is 14.8 Å². The molecule has 150 valence electrons. The molecule has 8 heteroatoms. The molecule has 1 aromatic rings. The highest BCUT2D eigenvalue weighted by atomic mass is 16.6. The first-order valence-electron chi connectivity index (χ1n) is 9.39. The van der Waals surface area contributed by atoms with Gasteiger partial charge in [0.25, 0.3) is 0 Å². The third kappa shape index (κ3) is 8.31. The summed E-state index contributed by atoms with van der Waals surface area (Å²) in [6, 6.07) is 0. The van der Waals surface area contributed by atoms with Gasteiger partial charge in [0.05, 0.1) is 4.92 Å². The third-order valence-electron chi connectivity index (χ3n) is 3.54. The maximum absolute atomic E-state index is 12.0. The van der Waals surface area contributed by atoms with Gasteiger partial charge in [-0.2, -0.15) is 5.10 Å². The Labute approximate surface area is 156 Å². The monoisotopic (exact) mass is 370 g/mol. The number of piperidine rings is 1. The van der Waals surface area contributed by atoms with E-state index < -0.39 is 10.5 Å². The lowest BCUT2D eigenvalue weighted by atomic mass is 9.97. The molecule has 0 spiro atoms. The van der Waals surface area contributed by atoms with E-state index in [0.29, 0.717) is 25.6 Å². The van der Waals surface area contributed by atoms with Gasteiger partial charge < -0.3 is 9.64 Å². The number of ether oxygens (including phenoxy) is 1. The van der Waals surface area contributed by atoms with E-state index in [1.807, 2.05) is 48.5 Å². The van der Waals surface area contributed by atoms with Gasteiger partial charge in [0.2, 0.25) is 0 Å². The Morgan fingerprint density at radius 2 is 1.81 bits per heavy atom. The van der Waals surface area contributed by atoms with Crippen LogP contribution in [0.15, 0.2) is 12.4 Å². The minimum Gasteiger partial charge on any atom is -0.444 e. The van der Waals surface area contributed by atoms with Crippen LogP contribution in [0.25, 0.3) is 0 Å². The van der Waals surface area contributed by atoms with Crippen molar-refractivity contribution in [1.82, 2.24) is 14.7 Å². The lowest BCUT2D eigenvalue weighted by Crippen LogP contribution is -2.42. The molecule has 1 saturated heterocycles. The van der Waals surface area contributed by atoms with Crippen LogP contribution in [0.2, 0.25) is 0 Å². The Kier molecular flexibility index (Phi) is 10.6. The minimum atomic E-state index is -0.484. The van der Waals surface area contributed by atoms with E-state index in [0.717, 1.165) is 12.8 Å². The first kappa shape index (κ1) is 23.9. The van der Waals surface area contributed by atoms with E-state index in [4.69, 9.17) is 4.74 Å². The molecular formula is C18H34N4O4. The zero-order valence-electron chi connectivity index (χ0n) is 17.2. The van der Waals surface area contributed by atoms with Crippen molar-refractivity contribution in [3.8, 4) is 0 Å². The number of aromatic nitrogens is 2. The van der Waals surface area contributed by atoms with Gasteiger partial charge in [-0.1, -0.05) is 27.7 Å². The summed E-state index contributed by atoms with van der Waals surface area (Å²) in [4.78, 5) is 23.9. The zero-order chi connectivity index (χ0) is 20.3. The fourth-order valence-electron chi connectivity index (χ4n) is 2.44. The molecule has 0 aromatic carbocycles. The second-order valence-corrected chi connectivity index (χ2v) is 6.59. The molecule has 1 aliphatic rings. The molecule has 0 aliphatic carbocycles. The summed E-state index contributed by atoms with van der Waals surface area (Å²) in [6.07, 6.45) is 4.11. The lowest BCUT2D eigenvalue weighted by Gasteiger charge is -2.33. The maximum atomic E-state index is 12.0. The van der Waals surface area contributed by atoms with E-state index in [9.17, 15) is 14.9 Å². The minimum absolute atomic E-state index is 0.00573. The number of rotatable bonds is 3. The van der Waals surface area contributed by atoms with Crippen LogP contribution in [0.4, 0.5) is 10.5 Å². The summed E-state index contributed by atoms with van der Waals surface area (Å²) in [6.45, 7) is 15.5. The van der Waals surface area contributed by atoms with Crippen LogP contribution in [0.3, 0.4) is 0 Å². The number of likely N-dealkylation sites (tertiary alicyclic amines) is 1. The van der Waals surface area contributed by atoms with Crippen molar-refractivity contribution in [2.45, 2.75) is 73.5 Å². The number of carbonyl (C=O) groups excluding carboxylic acids is 1. The number of nitrogens with zero attached hydrogens (tertiary/aromatic N) is 4. The average Bonchev–Trinajstić information content (AvgIpc) is 3.06. The standard InChI is InChI=1S/C14H22N4O4.2C2H6/c1-14(2,3)22-13(19)16-6-4-11(5-7-16)9-17-10-12(8-15-17)18(20)21;2*1-2/h8,10-11H,4-7,9H2,1-3H3;2*1-2H3. The number of amides is 1. The van der Waals surface area contributed by atoms with Crippen molar-refractivity contribution < 1.29 is 14.5 Å². The second-order valence-electron chi connectivity index (χ2n) is 6.59. The summed E-state index contributed by atoms with van der Waals surface area (Å²) < 4.78 is 6.96. The van der Waals surface area contributed by atoms with Crippen LogP contribution >= 0.6 is 0 Å². The van der Waals surface area contributed by atoms with Gasteiger partial charge in [0.1, 0.15) is 18.0 Å². The summed E-state index contributed by atoms with van der Waals surface area (Å²) in [5.74, 6) is 0.359.